The van der Waals surface area contributed by atoms with Crippen molar-refractivity contribution in [3.05, 3.63) is 95.6 Å². The maximum Gasteiger partial charge on any atom is 0.254 e. The molecule has 158 valence electrons. The number of hydrogen-bond acceptors (Lipinski definition) is 3. The molecule has 1 unspecified atom stereocenters. The molecular formula is C26H27N3O2. The molecule has 1 aliphatic heterocycles. The number of amides is 2. The molecule has 3 aromatic rings. The van der Waals surface area contributed by atoms with Crippen LogP contribution in [0.3, 0.4) is 0 Å². The standard InChI is InChI=1S/C26H27N3O2/c1-19-8-14-24(15-9-19)28-16-17-29(25(18-28)21-6-4-3-5-7-21)26(31)22-10-12-23(13-11-22)27-20(2)30/h3-15,25H,16-18H2,1-2H3,(H,27,30). The van der Waals surface area contributed by atoms with Crippen LogP contribution in [-0.4, -0.2) is 36.3 Å². The first-order chi connectivity index (χ1) is 15.0. The highest BCUT2D eigenvalue weighted by Crippen LogP contribution is 2.30. The fourth-order valence-electron chi connectivity index (χ4n) is 4.04. The van der Waals surface area contributed by atoms with Crippen LogP contribution in [0.5, 0.6) is 0 Å². The summed E-state index contributed by atoms with van der Waals surface area (Å²) in [7, 11) is 0. The topological polar surface area (TPSA) is 52.7 Å². The SMILES string of the molecule is CC(=O)Nc1ccc(C(=O)N2CCN(c3ccc(C)cc3)CC2c2ccccc2)cc1. The van der Waals surface area contributed by atoms with Gasteiger partial charge in [0.2, 0.25) is 5.91 Å². The third-order valence-electron chi connectivity index (χ3n) is 5.68. The summed E-state index contributed by atoms with van der Waals surface area (Å²) < 4.78 is 0. The van der Waals surface area contributed by atoms with Gasteiger partial charge in [-0.1, -0.05) is 48.0 Å². The number of nitrogens with one attached hydrogen (secondary N) is 1. The van der Waals surface area contributed by atoms with E-state index in [0.717, 1.165) is 18.7 Å². The van der Waals surface area contributed by atoms with Crippen molar-refractivity contribution in [1.82, 2.24) is 4.90 Å². The number of carbonyl (C=O) groups excluding carboxylic acids is 2. The number of aryl methyl sites for hydroxylation is 1. The Balaban J connectivity index is 1.59. The van der Waals surface area contributed by atoms with Crippen LogP contribution in [0.4, 0.5) is 11.4 Å². The summed E-state index contributed by atoms with van der Waals surface area (Å²) in [6, 6.07) is 25.8. The molecule has 0 saturated carbocycles. The van der Waals surface area contributed by atoms with Gasteiger partial charge < -0.3 is 15.1 Å². The van der Waals surface area contributed by atoms with E-state index in [4.69, 9.17) is 0 Å². The summed E-state index contributed by atoms with van der Waals surface area (Å²) in [5.74, 6) is -0.123. The third-order valence-corrected chi connectivity index (χ3v) is 5.68. The van der Waals surface area contributed by atoms with Gasteiger partial charge in [0.05, 0.1) is 6.04 Å². The first kappa shape index (κ1) is 20.7. The van der Waals surface area contributed by atoms with Gasteiger partial charge in [-0.15, -0.1) is 0 Å². The Hall–Kier alpha value is -3.60. The molecule has 1 N–H and O–H groups in total. The number of rotatable bonds is 4. The van der Waals surface area contributed by atoms with E-state index in [9.17, 15) is 9.59 Å². The summed E-state index contributed by atoms with van der Waals surface area (Å²) in [6.07, 6.45) is 0. The highest BCUT2D eigenvalue weighted by Gasteiger charge is 2.32. The molecule has 0 spiro atoms. The average molecular weight is 414 g/mol. The van der Waals surface area contributed by atoms with Gasteiger partial charge in [0.25, 0.3) is 5.91 Å². The monoisotopic (exact) mass is 413 g/mol. The van der Waals surface area contributed by atoms with Crippen molar-refractivity contribution in [3.8, 4) is 0 Å². The summed E-state index contributed by atoms with van der Waals surface area (Å²) in [6.45, 7) is 5.71. The van der Waals surface area contributed by atoms with E-state index < -0.39 is 0 Å². The molecule has 1 atom stereocenters. The predicted octanol–water partition coefficient (Wildman–Crippen LogP) is 4.66. The Morgan fingerprint density at radius 3 is 2.19 bits per heavy atom. The molecule has 0 radical (unpaired) electrons. The van der Waals surface area contributed by atoms with Gasteiger partial charge in [0, 0.05) is 43.5 Å². The van der Waals surface area contributed by atoms with Gasteiger partial charge in [0.15, 0.2) is 0 Å². The Labute approximate surface area is 183 Å². The fraction of sp³-hybridized carbons (Fsp3) is 0.231. The van der Waals surface area contributed by atoms with Gasteiger partial charge in [-0.05, 0) is 48.9 Å². The summed E-state index contributed by atoms with van der Waals surface area (Å²) in [4.78, 5) is 29.0. The van der Waals surface area contributed by atoms with Crippen LogP contribution in [0.1, 0.15) is 34.5 Å². The molecule has 1 fully saturated rings. The second-order valence-electron chi connectivity index (χ2n) is 7.97. The van der Waals surface area contributed by atoms with Gasteiger partial charge in [-0.2, -0.15) is 0 Å². The van der Waals surface area contributed by atoms with Crippen molar-refractivity contribution in [2.75, 3.05) is 29.9 Å². The molecule has 0 aliphatic carbocycles. The predicted molar refractivity (Wildman–Crippen MR) is 124 cm³/mol. The second kappa shape index (κ2) is 9.04. The van der Waals surface area contributed by atoms with Crippen molar-refractivity contribution in [1.29, 1.82) is 0 Å². The van der Waals surface area contributed by atoms with E-state index in [-0.39, 0.29) is 17.9 Å². The Bertz CT molecular complexity index is 1050. The van der Waals surface area contributed by atoms with Crippen LogP contribution >= 0.6 is 0 Å². The van der Waals surface area contributed by atoms with Gasteiger partial charge >= 0.3 is 0 Å². The van der Waals surface area contributed by atoms with Crippen LogP contribution in [0.25, 0.3) is 0 Å². The summed E-state index contributed by atoms with van der Waals surface area (Å²) in [5, 5.41) is 2.74. The number of piperazine rings is 1. The first-order valence-corrected chi connectivity index (χ1v) is 10.6. The minimum Gasteiger partial charge on any atom is -0.367 e. The second-order valence-corrected chi connectivity index (χ2v) is 7.97. The number of benzene rings is 3. The molecule has 31 heavy (non-hydrogen) atoms. The lowest BCUT2D eigenvalue weighted by Crippen LogP contribution is -2.50. The van der Waals surface area contributed by atoms with E-state index in [2.05, 4.69) is 53.5 Å². The van der Waals surface area contributed by atoms with Crippen LogP contribution in [0.2, 0.25) is 0 Å². The Morgan fingerprint density at radius 2 is 1.55 bits per heavy atom. The largest absolute Gasteiger partial charge is 0.367 e. The van der Waals surface area contributed by atoms with Gasteiger partial charge in [0.1, 0.15) is 0 Å². The zero-order valence-electron chi connectivity index (χ0n) is 17.9. The smallest absolute Gasteiger partial charge is 0.254 e. The molecule has 5 nitrogen and oxygen atoms in total. The quantitative estimate of drug-likeness (QED) is 0.677. The fourth-order valence-corrected chi connectivity index (χ4v) is 4.04. The average Bonchev–Trinajstić information content (AvgIpc) is 2.79. The molecule has 1 heterocycles. The van der Waals surface area contributed by atoms with E-state index in [1.54, 1.807) is 24.3 Å². The summed E-state index contributed by atoms with van der Waals surface area (Å²) >= 11 is 0. The molecule has 0 bridgehead atoms. The maximum absolute atomic E-state index is 13.4. The van der Waals surface area contributed by atoms with E-state index in [0.29, 0.717) is 17.8 Å². The van der Waals surface area contributed by atoms with Crippen molar-refractivity contribution in [3.63, 3.8) is 0 Å². The van der Waals surface area contributed by atoms with E-state index in [1.165, 1.54) is 18.2 Å². The van der Waals surface area contributed by atoms with E-state index in [1.807, 2.05) is 23.1 Å². The molecule has 3 aromatic carbocycles. The van der Waals surface area contributed by atoms with Crippen LogP contribution in [0, 0.1) is 6.92 Å². The first-order valence-electron chi connectivity index (χ1n) is 10.6. The Kier molecular flexibility index (Phi) is 6.03. The number of nitrogens with zero attached hydrogens (tertiary/aromatic N) is 2. The van der Waals surface area contributed by atoms with Crippen molar-refractivity contribution in [2.24, 2.45) is 0 Å². The third kappa shape index (κ3) is 4.77. The van der Waals surface area contributed by atoms with Gasteiger partial charge in [-0.25, -0.2) is 0 Å². The lowest BCUT2D eigenvalue weighted by atomic mass is 10.00. The minimum absolute atomic E-state index is 0.00628. The number of carbonyl (C=O) groups is 2. The number of anilines is 2. The zero-order chi connectivity index (χ0) is 21.8. The lowest BCUT2D eigenvalue weighted by molar-refractivity contribution is -0.114. The molecule has 4 rings (SSSR count). The van der Waals surface area contributed by atoms with Crippen molar-refractivity contribution < 1.29 is 9.59 Å². The van der Waals surface area contributed by atoms with Crippen LogP contribution in [-0.2, 0) is 4.79 Å². The molecular weight excluding hydrogens is 386 g/mol. The molecule has 2 amide bonds. The van der Waals surface area contributed by atoms with Gasteiger partial charge in [-0.3, -0.25) is 9.59 Å². The highest BCUT2D eigenvalue weighted by atomic mass is 16.2. The van der Waals surface area contributed by atoms with E-state index >= 15 is 0 Å². The lowest BCUT2D eigenvalue weighted by Gasteiger charge is -2.43. The molecule has 0 aromatic heterocycles. The molecule has 5 heteroatoms. The maximum atomic E-state index is 13.4. The minimum atomic E-state index is -0.129. The molecule has 1 saturated heterocycles. The van der Waals surface area contributed by atoms with Crippen molar-refractivity contribution in [2.45, 2.75) is 19.9 Å². The zero-order valence-corrected chi connectivity index (χ0v) is 17.9. The normalized spacial score (nSPS) is 16.1. The number of hydrogen-bond donors (Lipinski definition) is 1. The summed E-state index contributed by atoms with van der Waals surface area (Å²) in [5.41, 5.74) is 4.85. The van der Waals surface area contributed by atoms with Crippen molar-refractivity contribution >= 4 is 23.2 Å². The molecule has 1 aliphatic rings. The Morgan fingerprint density at radius 1 is 0.871 bits per heavy atom. The van der Waals surface area contributed by atoms with Crippen LogP contribution in [0.15, 0.2) is 78.9 Å². The van der Waals surface area contributed by atoms with Crippen LogP contribution < -0.4 is 10.2 Å². The highest BCUT2D eigenvalue weighted by molar-refractivity contribution is 5.96.